The van der Waals surface area contributed by atoms with Crippen LogP contribution in [0.4, 0.5) is 5.69 Å². The minimum Gasteiger partial charge on any atom is -0.478 e. The normalized spacial score (nSPS) is 12.0. The van der Waals surface area contributed by atoms with E-state index >= 15 is 0 Å². The van der Waals surface area contributed by atoms with Crippen molar-refractivity contribution in [2.75, 3.05) is 12.1 Å². The van der Waals surface area contributed by atoms with Gasteiger partial charge in [-0.15, -0.1) is 0 Å². The minimum atomic E-state index is -0.927. The van der Waals surface area contributed by atoms with Crippen LogP contribution in [0.1, 0.15) is 21.5 Å². The Labute approximate surface area is 157 Å². The van der Waals surface area contributed by atoms with E-state index in [0.29, 0.717) is 12.1 Å². The molecule has 2 N–H and O–H groups in total. The highest BCUT2D eigenvalue weighted by atomic mass is 16.7. The van der Waals surface area contributed by atoms with E-state index < -0.39 is 5.97 Å². The number of hydrogen-bond donors (Lipinski definition) is 2. The first-order valence-corrected chi connectivity index (χ1v) is 8.67. The van der Waals surface area contributed by atoms with Crippen molar-refractivity contribution in [1.82, 2.24) is 0 Å². The fraction of sp³-hybridized carbons (Fsp3) is 0.136. The summed E-state index contributed by atoms with van der Waals surface area (Å²) in [6.45, 7) is 2.80. The third kappa shape index (κ3) is 3.44. The Bertz CT molecular complexity index is 1010. The van der Waals surface area contributed by atoms with Gasteiger partial charge in [0.15, 0.2) is 11.5 Å². The molecule has 5 nitrogen and oxygen atoms in total. The van der Waals surface area contributed by atoms with Gasteiger partial charge in [0.05, 0.1) is 5.56 Å². The smallest absolute Gasteiger partial charge is 0.336 e. The summed E-state index contributed by atoms with van der Waals surface area (Å²) in [6, 6.07) is 19.0. The molecule has 0 atom stereocenters. The summed E-state index contributed by atoms with van der Waals surface area (Å²) in [6.07, 6.45) is 0. The van der Waals surface area contributed by atoms with E-state index in [2.05, 4.69) is 5.32 Å². The molecule has 4 rings (SSSR count). The number of carboxylic acids is 1. The van der Waals surface area contributed by atoms with Crippen molar-refractivity contribution in [2.24, 2.45) is 0 Å². The Morgan fingerprint density at radius 2 is 1.81 bits per heavy atom. The van der Waals surface area contributed by atoms with E-state index in [0.717, 1.165) is 39.4 Å². The highest BCUT2D eigenvalue weighted by molar-refractivity contribution is 5.96. The van der Waals surface area contributed by atoms with Gasteiger partial charge in [0.2, 0.25) is 6.79 Å². The number of hydrogen-bond acceptors (Lipinski definition) is 4. The lowest BCUT2D eigenvalue weighted by molar-refractivity contribution is 0.0697. The van der Waals surface area contributed by atoms with Crippen LogP contribution < -0.4 is 14.8 Å². The number of fused-ring (bicyclic) bond motifs is 1. The van der Waals surface area contributed by atoms with E-state index in [4.69, 9.17) is 9.47 Å². The van der Waals surface area contributed by atoms with E-state index in [1.165, 1.54) is 0 Å². The molecular formula is C22H19NO4. The van der Waals surface area contributed by atoms with Gasteiger partial charge in [-0.25, -0.2) is 4.79 Å². The molecule has 0 fully saturated rings. The Kier molecular flexibility index (Phi) is 4.42. The van der Waals surface area contributed by atoms with Crippen molar-refractivity contribution in [3.8, 4) is 22.6 Å². The summed E-state index contributed by atoms with van der Waals surface area (Å²) < 4.78 is 10.7. The summed E-state index contributed by atoms with van der Waals surface area (Å²) >= 11 is 0. The maximum atomic E-state index is 11.7. The number of aryl methyl sites for hydroxylation is 1. The molecule has 0 saturated heterocycles. The zero-order valence-electron chi connectivity index (χ0n) is 14.9. The Hall–Kier alpha value is -3.47. The second kappa shape index (κ2) is 7.03. The lowest BCUT2D eigenvalue weighted by Crippen LogP contribution is -2.04. The van der Waals surface area contributed by atoms with Crippen LogP contribution in [0, 0.1) is 6.92 Å². The van der Waals surface area contributed by atoms with Crippen LogP contribution in [0.2, 0.25) is 0 Å². The number of anilines is 1. The summed E-state index contributed by atoms with van der Waals surface area (Å²) in [4.78, 5) is 11.7. The first-order valence-electron chi connectivity index (χ1n) is 8.67. The van der Waals surface area contributed by atoms with Crippen LogP contribution in [0.15, 0.2) is 60.7 Å². The lowest BCUT2D eigenvalue weighted by Gasteiger charge is -2.13. The predicted molar refractivity (Wildman–Crippen MR) is 103 cm³/mol. The second-order valence-corrected chi connectivity index (χ2v) is 6.42. The number of carbonyl (C=O) groups is 1. The van der Waals surface area contributed by atoms with Crippen molar-refractivity contribution in [3.05, 3.63) is 77.4 Å². The van der Waals surface area contributed by atoms with Crippen LogP contribution in [-0.2, 0) is 6.54 Å². The molecule has 3 aromatic carbocycles. The molecule has 0 aromatic heterocycles. The Balaban J connectivity index is 1.61. The number of nitrogens with one attached hydrogen (secondary N) is 1. The topological polar surface area (TPSA) is 67.8 Å². The third-order valence-corrected chi connectivity index (χ3v) is 4.62. The molecule has 27 heavy (non-hydrogen) atoms. The molecule has 136 valence electrons. The standard InChI is InChI=1S/C22H19NO4/c1-14-4-2-3-5-17(14)19-10-15(6-8-18(19)22(24)25)12-23-16-7-9-20-21(11-16)27-13-26-20/h2-11,23H,12-13H2,1H3,(H,24,25). The van der Waals surface area contributed by atoms with E-state index in [9.17, 15) is 9.90 Å². The monoisotopic (exact) mass is 361 g/mol. The fourth-order valence-corrected chi connectivity index (χ4v) is 3.20. The quantitative estimate of drug-likeness (QED) is 0.689. The number of rotatable bonds is 5. The largest absolute Gasteiger partial charge is 0.478 e. The number of carboxylic acid groups (broad SMARTS) is 1. The van der Waals surface area contributed by atoms with Gasteiger partial charge >= 0.3 is 5.97 Å². The molecule has 1 aliphatic heterocycles. The van der Waals surface area contributed by atoms with Crippen LogP contribution in [0.3, 0.4) is 0 Å². The van der Waals surface area contributed by atoms with Gasteiger partial charge in [-0.05, 0) is 53.4 Å². The summed E-state index contributed by atoms with van der Waals surface area (Å²) in [5, 5.41) is 12.9. The Morgan fingerprint density at radius 3 is 2.63 bits per heavy atom. The summed E-state index contributed by atoms with van der Waals surface area (Å²) in [5.74, 6) is 0.540. The zero-order chi connectivity index (χ0) is 18.8. The average Bonchev–Trinajstić information content (AvgIpc) is 3.14. The van der Waals surface area contributed by atoms with Gasteiger partial charge in [0.25, 0.3) is 0 Å². The van der Waals surface area contributed by atoms with Gasteiger partial charge < -0.3 is 19.9 Å². The second-order valence-electron chi connectivity index (χ2n) is 6.42. The van der Waals surface area contributed by atoms with E-state index in [1.54, 1.807) is 6.07 Å². The van der Waals surface area contributed by atoms with E-state index in [1.807, 2.05) is 61.5 Å². The molecule has 0 amide bonds. The van der Waals surface area contributed by atoms with Crippen molar-refractivity contribution in [1.29, 1.82) is 0 Å². The summed E-state index contributed by atoms with van der Waals surface area (Å²) in [7, 11) is 0. The lowest BCUT2D eigenvalue weighted by atomic mass is 9.94. The maximum absolute atomic E-state index is 11.7. The average molecular weight is 361 g/mol. The fourth-order valence-electron chi connectivity index (χ4n) is 3.20. The number of ether oxygens (including phenoxy) is 2. The molecule has 0 bridgehead atoms. The first-order chi connectivity index (χ1) is 13.1. The molecule has 1 aliphatic rings. The van der Waals surface area contributed by atoms with Crippen LogP contribution in [0.25, 0.3) is 11.1 Å². The maximum Gasteiger partial charge on any atom is 0.336 e. The molecule has 0 spiro atoms. The molecule has 0 radical (unpaired) electrons. The molecular weight excluding hydrogens is 342 g/mol. The predicted octanol–water partition coefficient (Wildman–Crippen LogP) is 4.70. The molecule has 0 unspecified atom stereocenters. The zero-order valence-corrected chi connectivity index (χ0v) is 14.9. The molecule has 0 aliphatic carbocycles. The number of benzene rings is 3. The summed E-state index contributed by atoms with van der Waals surface area (Å²) in [5.41, 5.74) is 4.91. The molecule has 0 saturated carbocycles. The van der Waals surface area contributed by atoms with Gasteiger partial charge in [0.1, 0.15) is 0 Å². The minimum absolute atomic E-state index is 0.245. The van der Waals surface area contributed by atoms with Crippen LogP contribution in [-0.4, -0.2) is 17.9 Å². The van der Waals surface area contributed by atoms with Crippen LogP contribution >= 0.6 is 0 Å². The molecule has 3 aromatic rings. The highest BCUT2D eigenvalue weighted by Gasteiger charge is 2.15. The SMILES string of the molecule is Cc1ccccc1-c1cc(CNc2ccc3c(c2)OCO3)ccc1C(=O)O. The highest BCUT2D eigenvalue weighted by Crippen LogP contribution is 2.34. The van der Waals surface area contributed by atoms with Gasteiger partial charge in [0, 0.05) is 18.3 Å². The Morgan fingerprint density at radius 1 is 1.00 bits per heavy atom. The van der Waals surface area contributed by atoms with Gasteiger partial charge in [-0.1, -0.05) is 30.3 Å². The molecule has 5 heteroatoms. The van der Waals surface area contributed by atoms with Crippen LogP contribution in [0.5, 0.6) is 11.5 Å². The van der Waals surface area contributed by atoms with Gasteiger partial charge in [-0.3, -0.25) is 0 Å². The van der Waals surface area contributed by atoms with Gasteiger partial charge in [-0.2, -0.15) is 0 Å². The van der Waals surface area contributed by atoms with Crippen molar-refractivity contribution >= 4 is 11.7 Å². The first kappa shape index (κ1) is 17.0. The molecule has 1 heterocycles. The van der Waals surface area contributed by atoms with Crippen molar-refractivity contribution in [2.45, 2.75) is 13.5 Å². The van der Waals surface area contributed by atoms with E-state index in [-0.39, 0.29) is 6.79 Å². The third-order valence-electron chi connectivity index (χ3n) is 4.62. The number of aromatic carboxylic acids is 1. The van der Waals surface area contributed by atoms with Crippen molar-refractivity contribution < 1.29 is 19.4 Å². The van der Waals surface area contributed by atoms with Crippen molar-refractivity contribution in [3.63, 3.8) is 0 Å².